The smallest absolute Gasteiger partial charge is 0.356 e. The average molecular weight is 308 g/mol. The molecule has 21 heavy (non-hydrogen) atoms. The standard InChI is InChI=1S/C14H14ClN3O3/c15-10-3-1-9(2-4-10)11-13(12(14(19)20)17-16-11)18-5-7-21-8-6-18/h1-4H,5-8H2,(H,16,17)(H,19,20). The van der Waals surface area contributed by atoms with E-state index in [9.17, 15) is 9.90 Å². The third-order valence-electron chi connectivity index (χ3n) is 3.40. The lowest BCUT2D eigenvalue weighted by molar-refractivity contribution is 0.0690. The lowest BCUT2D eigenvalue weighted by Crippen LogP contribution is -2.37. The highest BCUT2D eigenvalue weighted by Gasteiger charge is 2.25. The number of nitrogens with zero attached hydrogens (tertiary/aromatic N) is 2. The van der Waals surface area contributed by atoms with Crippen LogP contribution in [0.25, 0.3) is 11.3 Å². The number of hydrogen-bond donors (Lipinski definition) is 2. The number of nitrogens with one attached hydrogen (secondary N) is 1. The molecule has 1 fully saturated rings. The summed E-state index contributed by atoms with van der Waals surface area (Å²) < 4.78 is 5.32. The lowest BCUT2D eigenvalue weighted by Gasteiger charge is -2.29. The van der Waals surface area contributed by atoms with Crippen LogP contribution in [0.5, 0.6) is 0 Å². The van der Waals surface area contributed by atoms with Crippen LogP contribution < -0.4 is 4.90 Å². The van der Waals surface area contributed by atoms with Gasteiger partial charge in [0.2, 0.25) is 0 Å². The molecule has 2 N–H and O–H groups in total. The molecular formula is C14H14ClN3O3. The molecule has 0 bridgehead atoms. The first-order chi connectivity index (χ1) is 10.2. The van der Waals surface area contributed by atoms with Gasteiger partial charge >= 0.3 is 5.97 Å². The normalized spacial score (nSPS) is 15.2. The number of carboxylic acids is 1. The van der Waals surface area contributed by atoms with Gasteiger partial charge in [-0.2, -0.15) is 5.10 Å². The van der Waals surface area contributed by atoms with Crippen molar-refractivity contribution >= 4 is 23.3 Å². The van der Waals surface area contributed by atoms with Gasteiger partial charge in [-0.3, -0.25) is 5.10 Å². The van der Waals surface area contributed by atoms with Crippen molar-refractivity contribution in [3.63, 3.8) is 0 Å². The van der Waals surface area contributed by atoms with Crippen LogP contribution in [-0.2, 0) is 4.74 Å². The zero-order valence-electron chi connectivity index (χ0n) is 11.2. The van der Waals surface area contributed by atoms with Gasteiger partial charge in [-0.25, -0.2) is 4.79 Å². The molecule has 6 nitrogen and oxygen atoms in total. The highest BCUT2D eigenvalue weighted by Crippen LogP contribution is 2.33. The van der Waals surface area contributed by atoms with Gasteiger partial charge in [-0.05, 0) is 12.1 Å². The molecular weight excluding hydrogens is 294 g/mol. The van der Waals surface area contributed by atoms with Gasteiger partial charge in [0, 0.05) is 23.7 Å². The third kappa shape index (κ3) is 2.72. The number of anilines is 1. The Morgan fingerprint density at radius 2 is 1.95 bits per heavy atom. The Balaban J connectivity index is 2.07. The summed E-state index contributed by atoms with van der Waals surface area (Å²) in [6.45, 7) is 2.43. The van der Waals surface area contributed by atoms with Crippen LogP contribution in [0.1, 0.15) is 10.5 Å². The second kappa shape index (κ2) is 5.75. The predicted octanol–water partition coefficient (Wildman–Crippen LogP) is 2.26. The molecule has 1 aliphatic rings. The minimum absolute atomic E-state index is 0.0989. The quantitative estimate of drug-likeness (QED) is 0.909. The van der Waals surface area contributed by atoms with Crippen LogP contribution in [-0.4, -0.2) is 47.6 Å². The SMILES string of the molecule is O=C(O)c1[nH]nc(-c2ccc(Cl)cc2)c1N1CCOCC1. The van der Waals surface area contributed by atoms with Crippen LogP contribution in [0.2, 0.25) is 5.02 Å². The summed E-state index contributed by atoms with van der Waals surface area (Å²) in [5, 5.41) is 16.8. The summed E-state index contributed by atoms with van der Waals surface area (Å²) >= 11 is 5.89. The molecule has 1 aromatic carbocycles. The molecule has 2 aromatic rings. The molecule has 1 saturated heterocycles. The number of carbonyl (C=O) groups is 1. The summed E-state index contributed by atoms with van der Waals surface area (Å²) in [4.78, 5) is 13.4. The van der Waals surface area contributed by atoms with Gasteiger partial charge in [0.1, 0.15) is 5.69 Å². The number of halogens is 1. The van der Waals surface area contributed by atoms with Gasteiger partial charge in [0.25, 0.3) is 0 Å². The van der Waals surface area contributed by atoms with E-state index < -0.39 is 5.97 Å². The van der Waals surface area contributed by atoms with Crippen molar-refractivity contribution in [2.75, 3.05) is 31.2 Å². The van der Waals surface area contributed by atoms with Crippen molar-refractivity contribution in [3.05, 3.63) is 35.0 Å². The molecule has 2 heterocycles. The summed E-state index contributed by atoms with van der Waals surface area (Å²) in [6, 6.07) is 7.17. The summed E-state index contributed by atoms with van der Waals surface area (Å²) in [6.07, 6.45) is 0. The van der Waals surface area contributed by atoms with E-state index in [1.54, 1.807) is 12.1 Å². The van der Waals surface area contributed by atoms with E-state index in [0.717, 1.165) is 5.56 Å². The van der Waals surface area contributed by atoms with Gasteiger partial charge in [0.15, 0.2) is 5.69 Å². The predicted molar refractivity (Wildman–Crippen MR) is 79.0 cm³/mol. The van der Waals surface area contributed by atoms with Gasteiger partial charge in [-0.15, -0.1) is 0 Å². The van der Waals surface area contributed by atoms with Gasteiger partial charge < -0.3 is 14.7 Å². The second-order valence-corrected chi connectivity index (χ2v) is 5.14. The molecule has 0 radical (unpaired) electrons. The van der Waals surface area contributed by atoms with Crippen molar-refractivity contribution in [2.45, 2.75) is 0 Å². The van der Waals surface area contributed by atoms with Crippen molar-refractivity contribution in [2.24, 2.45) is 0 Å². The number of morpholine rings is 1. The molecule has 7 heteroatoms. The number of carboxylic acid groups (broad SMARTS) is 1. The Morgan fingerprint density at radius 1 is 1.29 bits per heavy atom. The van der Waals surface area contributed by atoms with E-state index in [4.69, 9.17) is 16.3 Å². The molecule has 1 aromatic heterocycles. The van der Waals surface area contributed by atoms with Crippen LogP contribution in [0.3, 0.4) is 0 Å². The Kier molecular flexibility index (Phi) is 3.81. The van der Waals surface area contributed by atoms with E-state index in [2.05, 4.69) is 10.2 Å². The highest BCUT2D eigenvalue weighted by molar-refractivity contribution is 6.30. The maximum absolute atomic E-state index is 11.4. The molecule has 110 valence electrons. The van der Waals surface area contributed by atoms with Crippen LogP contribution in [0, 0.1) is 0 Å². The number of hydrogen-bond acceptors (Lipinski definition) is 4. The minimum Gasteiger partial charge on any atom is -0.476 e. The number of benzene rings is 1. The maximum atomic E-state index is 11.4. The van der Waals surface area contributed by atoms with E-state index in [1.165, 1.54) is 0 Å². The van der Waals surface area contributed by atoms with Crippen LogP contribution >= 0.6 is 11.6 Å². The van der Waals surface area contributed by atoms with E-state index in [0.29, 0.717) is 42.7 Å². The second-order valence-electron chi connectivity index (χ2n) is 4.71. The maximum Gasteiger partial charge on any atom is 0.356 e. The molecule has 1 aliphatic heterocycles. The summed E-state index contributed by atoms with van der Waals surface area (Å²) in [5.74, 6) is -1.02. The van der Waals surface area contributed by atoms with Crippen molar-refractivity contribution in [1.82, 2.24) is 10.2 Å². The lowest BCUT2D eigenvalue weighted by atomic mass is 10.1. The minimum atomic E-state index is -1.02. The number of rotatable bonds is 3. The Hall–Kier alpha value is -2.05. The largest absolute Gasteiger partial charge is 0.476 e. The zero-order valence-corrected chi connectivity index (χ0v) is 11.9. The number of aromatic nitrogens is 2. The molecule has 0 spiro atoms. The highest BCUT2D eigenvalue weighted by atomic mass is 35.5. The fourth-order valence-corrected chi connectivity index (χ4v) is 2.52. The average Bonchev–Trinajstić information content (AvgIpc) is 2.94. The summed E-state index contributed by atoms with van der Waals surface area (Å²) in [7, 11) is 0. The number of aromatic carboxylic acids is 1. The molecule has 3 rings (SSSR count). The number of aromatic amines is 1. The van der Waals surface area contributed by atoms with Crippen molar-refractivity contribution in [3.8, 4) is 11.3 Å². The van der Waals surface area contributed by atoms with Crippen LogP contribution in [0.15, 0.2) is 24.3 Å². The van der Waals surface area contributed by atoms with Gasteiger partial charge in [0.05, 0.1) is 18.9 Å². The molecule has 0 saturated carbocycles. The van der Waals surface area contributed by atoms with Gasteiger partial charge in [-0.1, -0.05) is 23.7 Å². The number of ether oxygens (including phenoxy) is 1. The van der Waals surface area contributed by atoms with Crippen LogP contribution in [0.4, 0.5) is 5.69 Å². The van der Waals surface area contributed by atoms with E-state index in [-0.39, 0.29) is 5.69 Å². The Morgan fingerprint density at radius 3 is 2.57 bits per heavy atom. The zero-order chi connectivity index (χ0) is 14.8. The van der Waals surface area contributed by atoms with Crippen molar-refractivity contribution < 1.29 is 14.6 Å². The first-order valence-corrected chi connectivity index (χ1v) is 6.95. The molecule has 0 amide bonds. The first kappa shape index (κ1) is 13.9. The van der Waals surface area contributed by atoms with Crippen molar-refractivity contribution in [1.29, 1.82) is 0 Å². The Bertz CT molecular complexity index is 648. The third-order valence-corrected chi connectivity index (χ3v) is 3.65. The summed E-state index contributed by atoms with van der Waals surface area (Å²) in [5.41, 5.74) is 2.14. The van der Waals surface area contributed by atoms with E-state index >= 15 is 0 Å². The van der Waals surface area contributed by atoms with E-state index in [1.807, 2.05) is 17.0 Å². The molecule has 0 atom stereocenters. The Labute approximate surface area is 126 Å². The fourth-order valence-electron chi connectivity index (χ4n) is 2.39. The topological polar surface area (TPSA) is 78.4 Å². The number of H-pyrrole nitrogens is 1. The molecule has 0 aliphatic carbocycles. The molecule has 0 unspecified atom stereocenters. The monoisotopic (exact) mass is 307 g/mol. The first-order valence-electron chi connectivity index (χ1n) is 6.57. The fraction of sp³-hybridized carbons (Fsp3) is 0.286.